The van der Waals surface area contributed by atoms with Gasteiger partial charge in [0.05, 0.1) is 13.2 Å². The normalized spacial score (nSPS) is 14.2. The highest BCUT2D eigenvalue weighted by Crippen LogP contribution is 2.30. The van der Waals surface area contributed by atoms with E-state index in [4.69, 9.17) is 15.2 Å². The maximum atomic E-state index is 5.85. The number of benzene rings is 1. The Morgan fingerprint density at radius 2 is 1.94 bits per heavy atom. The van der Waals surface area contributed by atoms with E-state index in [0.717, 1.165) is 29.9 Å². The van der Waals surface area contributed by atoms with Crippen LogP contribution in [-0.2, 0) is 0 Å². The third kappa shape index (κ3) is 3.93. The molecule has 3 nitrogen and oxygen atoms in total. The van der Waals surface area contributed by atoms with Crippen molar-refractivity contribution in [1.29, 1.82) is 0 Å². The smallest absolute Gasteiger partial charge is 0.161 e. The molecule has 0 aromatic heterocycles. The molecule has 0 saturated carbocycles. The molecule has 0 bridgehead atoms. The Hall–Kier alpha value is -1.22. The van der Waals surface area contributed by atoms with Gasteiger partial charge in [0.1, 0.15) is 0 Å². The topological polar surface area (TPSA) is 44.5 Å². The van der Waals surface area contributed by atoms with Crippen molar-refractivity contribution >= 4 is 0 Å². The molecule has 0 heterocycles. The fraction of sp³-hybridized carbons (Fsp3) is 0.571. The number of nitrogens with two attached hydrogens (primary N) is 1. The average molecular weight is 237 g/mol. The van der Waals surface area contributed by atoms with E-state index in [1.54, 1.807) is 7.11 Å². The first-order valence-corrected chi connectivity index (χ1v) is 6.18. The predicted octanol–water partition coefficient (Wildman–Crippen LogP) is 3.28. The van der Waals surface area contributed by atoms with Gasteiger partial charge in [0.2, 0.25) is 0 Å². The lowest BCUT2D eigenvalue weighted by Crippen LogP contribution is -2.12. The highest BCUT2D eigenvalue weighted by atomic mass is 16.5. The van der Waals surface area contributed by atoms with E-state index < -0.39 is 0 Å². The van der Waals surface area contributed by atoms with Gasteiger partial charge in [0.25, 0.3) is 0 Å². The van der Waals surface area contributed by atoms with Gasteiger partial charge in [0.15, 0.2) is 11.5 Å². The molecule has 0 fully saturated rings. The summed E-state index contributed by atoms with van der Waals surface area (Å²) in [4.78, 5) is 0. The molecule has 1 aromatic rings. The van der Waals surface area contributed by atoms with Crippen molar-refractivity contribution in [2.45, 2.75) is 45.8 Å². The van der Waals surface area contributed by atoms with E-state index >= 15 is 0 Å². The Bertz CT molecular complexity index is 350. The first kappa shape index (κ1) is 13.8. The van der Waals surface area contributed by atoms with Crippen LogP contribution in [0.3, 0.4) is 0 Å². The summed E-state index contributed by atoms with van der Waals surface area (Å²) in [5.74, 6) is 1.54. The van der Waals surface area contributed by atoms with Crippen LogP contribution < -0.4 is 15.2 Å². The minimum atomic E-state index is 0.00557. The highest BCUT2D eigenvalue weighted by Gasteiger charge is 2.10. The summed E-state index contributed by atoms with van der Waals surface area (Å²) in [7, 11) is 1.65. The van der Waals surface area contributed by atoms with Crippen molar-refractivity contribution in [2.75, 3.05) is 7.11 Å². The summed E-state index contributed by atoms with van der Waals surface area (Å²) in [6.45, 7) is 6.17. The maximum Gasteiger partial charge on any atom is 0.161 e. The fourth-order valence-corrected chi connectivity index (χ4v) is 1.75. The molecule has 3 heteroatoms. The van der Waals surface area contributed by atoms with Gasteiger partial charge in [-0.25, -0.2) is 0 Å². The van der Waals surface area contributed by atoms with E-state index in [1.165, 1.54) is 0 Å². The summed E-state index contributed by atoms with van der Waals surface area (Å²) < 4.78 is 11.2. The maximum absolute atomic E-state index is 5.85. The molecule has 0 amide bonds. The Labute approximate surface area is 104 Å². The second-order valence-electron chi connectivity index (χ2n) is 4.42. The molecule has 0 spiro atoms. The van der Waals surface area contributed by atoms with E-state index in [9.17, 15) is 0 Å². The molecule has 2 atom stereocenters. The molecule has 1 aromatic carbocycles. The fourth-order valence-electron chi connectivity index (χ4n) is 1.75. The zero-order valence-corrected chi connectivity index (χ0v) is 11.2. The number of hydrogen-bond donors (Lipinski definition) is 1. The van der Waals surface area contributed by atoms with Gasteiger partial charge >= 0.3 is 0 Å². The Balaban J connectivity index is 2.85. The van der Waals surface area contributed by atoms with Gasteiger partial charge in [-0.05, 0) is 38.0 Å². The Morgan fingerprint density at radius 1 is 1.24 bits per heavy atom. The van der Waals surface area contributed by atoms with Gasteiger partial charge in [-0.1, -0.05) is 19.4 Å². The monoisotopic (exact) mass is 237 g/mol. The molecular formula is C14H23NO2. The first-order valence-electron chi connectivity index (χ1n) is 6.18. The molecule has 1 rings (SSSR count). The Kier molecular flexibility index (Phi) is 5.29. The van der Waals surface area contributed by atoms with Crippen molar-refractivity contribution in [3.8, 4) is 11.5 Å². The molecule has 0 saturated heterocycles. The van der Waals surface area contributed by atoms with Crippen LogP contribution in [0.4, 0.5) is 0 Å². The van der Waals surface area contributed by atoms with Crippen LogP contribution in [0.1, 0.15) is 45.2 Å². The first-order chi connectivity index (χ1) is 8.08. The van der Waals surface area contributed by atoms with Crippen molar-refractivity contribution < 1.29 is 9.47 Å². The second-order valence-corrected chi connectivity index (χ2v) is 4.42. The second kappa shape index (κ2) is 6.50. The number of hydrogen-bond acceptors (Lipinski definition) is 3. The quantitative estimate of drug-likeness (QED) is 0.825. The van der Waals surface area contributed by atoms with E-state index in [0.29, 0.717) is 0 Å². The standard InChI is InChI=1S/C14H23NO2/c1-5-6-10(2)17-13-8-7-12(11(3)15)9-14(13)16-4/h7-11H,5-6,15H2,1-4H3/t10?,11-/m0/s1. The van der Waals surface area contributed by atoms with Gasteiger partial charge in [-0.2, -0.15) is 0 Å². The van der Waals surface area contributed by atoms with Crippen LogP contribution in [0.2, 0.25) is 0 Å². The van der Waals surface area contributed by atoms with Crippen molar-refractivity contribution in [3.05, 3.63) is 23.8 Å². The molecule has 0 aliphatic rings. The van der Waals surface area contributed by atoms with Gasteiger partial charge < -0.3 is 15.2 Å². The summed E-state index contributed by atoms with van der Waals surface area (Å²) in [6.07, 6.45) is 2.36. The molecule has 96 valence electrons. The van der Waals surface area contributed by atoms with E-state index in [-0.39, 0.29) is 12.1 Å². The summed E-state index contributed by atoms with van der Waals surface area (Å²) >= 11 is 0. The van der Waals surface area contributed by atoms with Crippen molar-refractivity contribution in [1.82, 2.24) is 0 Å². The van der Waals surface area contributed by atoms with Crippen molar-refractivity contribution in [2.24, 2.45) is 5.73 Å². The zero-order chi connectivity index (χ0) is 12.8. The molecular weight excluding hydrogens is 214 g/mol. The minimum absolute atomic E-state index is 0.00557. The summed E-state index contributed by atoms with van der Waals surface area (Å²) in [5, 5.41) is 0. The van der Waals surface area contributed by atoms with Crippen LogP contribution in [0, 0.1) is 0 Å². The lowest BCUT2D eigenvalue weighted by Gasteiger charge is -2.17. The molecule has 0 aliphatic carbocycles. The van der Waals surface area contributed by atoms with Crippen LogP contribution in [-0.4, -0.2) is 13.2 Å². The molecule has 2 N–H and O–H groups in total. The van der Waals surface area contributed by atoms with Crippen LogP contribution in [0.25, 0.3) is 0 Å². The number of rotatable bonds is 6. The number of methoxy groups -OCH3 is 1. The molecule has 0 radical (unpaired) electrons. The summed E-state index contributed by atoms with van der Waals surface area (Å²) in [6, 6.07) is 5.87. The Morgan fingerprint density at radius 3 is 2.47 bits per heavy atom. The molecule has 0 aliphatic heterocycles. The van der Waals surface area contributed by atoms with Crippen LogP contribution >= 0.6 is 0 Å². The third-order valence-electron chi connectivity index (χ3n) is 2.74. The highest BCUT2D eigenvalue weighted by molar-refractivity contribution is 5.43. The van der Waals surface area contributed by atoms with Gasteiger partial charge in [0, 0.05) is 6.04 Å². The third-order valence-corrected chi connectivity index (χ3v) is 2.74. The average Bonchev–Trinajstić information content (AvgIpc) is 2.29. The van der Waals surface area contributed by atoms with Crippen LogP contribution in [0.15, 0.2) is 18.2 Å². The van der Waals surface area contributed by atoms with E-state index in [1.807, 2.05) is 25.1 Å². The predicted molar refractivity (Wildman–Crippen MR) is 70.6 cm³/mol. The number of ether oxygens (including phenoxy) is 2. The SMILES string of the molecule is CCCC(C)Oc1ccc([C@H](C)N)cc1OC. The van der Waals surface area contributed by atoms with Gasteiger partial charge in [-0.3, -0.25) is 0 Å². The molecule has 1 unspecified atom stereocenters. The molecule has 17 heavy (non-hydrogen) atoms. The lowest BCUT2D eigenvalue weighted by molar-refractivity contribution is 0.200. The zero-order valence-electron chi connectivity index (χ0n) is 11.2. The largest absolute Gasteiger partial charge is 0.493 e. The minimum Gasteiger partial charge on any atom is -0.493 e. The van der Waals surface area contributed by atoms with E-state index in [2.05, 4.69) is 13.8 Å². The van der Waals surface area contributed by atoms with Gasteiger partial charge in [-0.15, -0.1) is 0 Å². The van der Waals surface area contributed by atoms with Crippen LogP contribution in [0.5, 0.6) is 11.5 Å². The summed E-state index contributed by atoms with van der Waals surface area (Å²) in [5.41, 5.74) is 6.89. The lowest BCUT2D eigenvalue weighted by atomic mass is 10.1. The van der Waals surface area contributed by atoms with Crippen molar-refractivity contribution in [3.63, 3.8) is 0 Å².